The first-order valence-electron chi connectivity index (χ1n) is 22.5. The lowest BCUT2D eigenvalue weighted by Gasteiger charge is -2.27. The largest absolute Gasteiger partial charge is 0.310 e. The van der Waals surface area contributed by atoms with Crippen LogP contribution in [-0.4, -0.2) is 4.57 Å². The predicted octanol–water partition coefficient (Wildman–Crippen LogP) is 16.7. The quantitative estimate of drug-likeness (QED) is 0.136. The standard InChI is InChI=1S/C62H45N3/c1-5-17-44(18-6-1)41-58-54-25-13-14-26-55(54)59-42-52(37-39-56(58)59)63(47-19-7-2-8-20-47)50-33-29-45(30-34-50)46-31-35-51(36-32-46)64(48-21-9-3-10-22-48)53-38-40-62-60(43-53)57-27-15-16-28-61(57)65(62)49-23-11-4-12-24-49/h1-40,42-43,58H,41H2. The molecule has 1 aromatic heterocycles. The number of anilines is 6. The van der Waals surface area contributed by atoms with Gasteiger partial charge in [-0.05, 0) is 142 Å². The van der Waals surface area contributed by atoms with Gasteiger partial charge in [0.15, 0.2) is 0 Å². The Hall–Kier alpha value is -8.40. The number of aromatic nitrogens is 1. The molecule has 0 spiro atoms. The van der Waals surface area contributed by atoms with Crippen molar-refractivity contribution in [2.45, 2.75) is 12.3 Å². The topological polar surface area (TPSA) is 11.4 Å². The monoisotopic (exact) mass is 831 g/mol. The molecule has 0 fully saturated rings. The highest BCUT2D eigenvalue weighted by Gasteiger charge is 2.29. The van der Waals surface area contributed by atoms with E-state index < -0.39 is 0 Å². The van der Waals surface area contributed by atoms with Crippen molar-refractivity contribution < 1.29 is 0 Å². The third-order valence-corrected chi connectivity index (χ3v) is 13.1. The molecule has 0 bridgehead atoms. The SMILES string of the molecule is c1ccc(CC2c3ccccc3-c3cc(N(c4ccccc4)c4ccc(-c5ccc(N(c6ccccc6)c6ccc7c(c6)c6ccccc6n7-c6ccccc6)cc5)cc4)ccc32)cc1. The lowest BCUT2D eigenvalue weighted by Crippen LogP contribution is -2.10. The molecule has 3 heteroatoms. The summed E-state index contributed by atoms with van der Waals surface area (Å²) in [7, 11) is 0. The summed E-state index contributed by atoms with van der Waals surface area (Å²) in [4.78, 5) is 4.74. The fraction of sp³-hybridized carbons (Fsp3) is 0.0323. The Balaban J connectivity index is 0.879. The fourth-order valence-electron chi connectivity index (χ4n) is 10.1. The maximum absolute atomic E-state index is 2.40. The number of rotatable bonds is 10. The molecule has 1 heterocycles. The van der Waals surface area contributed by atoms with E-state index in [-0.39, 0.29) is 0 Å². The molecule has 1 atom stereocenters. The maximum atomic E-state index is 2.40. The lowest BCUT2D eigenvalue weighted by molar-refractivity contribution is 0.827. The van der Waals surface area contributed by atoms with Gasteiger partial charge in [0.25, 0.3) is 0 Å². The number of hydrogen-bond acceptors (Lipinski definition) is 2. The molecule has 0 radical (unpaired) electrons. The molecular weight excluding hydrogens is 787 g/mol. The molecule has 11 aromatic rings. The molecule has 1 aliphatic rings. The highest BCUT2D eigenvalue weighted by Crippen LogP contribution is 2.49. The van der Waals surface area contributed by atoms with Crippen LogP contribution in [0.1, 0.15) is 22.6 Å². The van der Waals surface area contributed by atoms with Crippen molar-refractivity contribution in [3.05, 3.63) is 271 Å². The molecule has 0 amide bonds. The average molecular weight is 832 g/mol. The highest BCUT2D eigenvalue weighted by molar-refractivity contribution is 6.10. The van der Waals surface area contributed by atoms with Gasteiger partial charge in [-0.3, -0.25) is 0 Å². The number of hydrogen-bond donors (Lipinski definition) is 0. The highest BCUT2D eigenvalue weighted by atomic mass is 15.1. The van der Waals surface area contributed by atoms with Gasteiger partial charge in [-0.25, -0.2) is 0 Å². The van der Waals surface area contributed by atoms with Crippen LogP contribution in [0.3, 0.4) is 0 Å². The molecule has 10 aromatic carbocycles. The first kappa shape index (κ1) is 38.3. The molecule has 3 nitrogen and oxygen atoms in total. The maximum Gasteiger partial charge on any atom is 0.0542 e. The van der Waals surface area contributed by atoms with Crippen molar-refractivity contribution >= 4 is 55.9 Å². The summed E-state index contributed by atoms with van der Waals surface area (Å²) in [5.41, 5.74) is 19.4. The van der Waals surface area contributed by atoms with Crippen LogP contribution < -0.4 is 9.80 Å². The van der Waals surface area contributed by atoms with E-state index in [2.05, 4.69) is 269 Å². The second-order valence-electron chi connectivity index (χ2n) is 16.9. The minimum Gasteiger partial charge on any atom is -0.310 e. The lowest BCUT2D eigenvalue weighted by atomic mass is 9.90. The van der Waals surface area contributed by atoms with Crippen molar-refractivity contribution in [1.29, 1.82) is 0 Å². The molecule has 0 aliphatic heterocycles. The number of benzene rings is 10. The van der Waals surface area contributed by atoms with E-state index in [0.717, 1.165) is 46.2 Å². The number of nitrogens with zero attached hydrogens (tertiary/aromatic N) is 3. The Morgan fingerprint density at radius 2 is 0.785 bits per heavy atom. The van der Waals surface area contributed by atoms with Gasteiger partial charge in [0.1, 0.15) is 0 Å². The molecule has 0 saturated carbocycles. The predicted molar refractivity (Wildman–Crippen MR) is 273 cm³/mol. The minimum atomic E-state index is 0.324. The van der Waals surface area contributed by atoms with Crippen molar-refractivity contribution in [3.8, 4) is 27.9 Å². The van der Waals surface area contributed by atoms with E-state index in [9.17, 15) is 0 Å². The van der Waals surface area contributed by atoms with E-state index in [1.165, 1.54) is 60.8 Å². The normalized spacial score (nSPS) is 12.8. The van der Waals surface area contributed by atoms with Crippen LogP contribution in [0, 0.1) is 0 Å². The van der Waals surface area contributed by atoms with Gasteiger partial charge in [-0.1, -0.05) is 158 Å². The number of para-hydroxylation sites is 4. The first-order chi connectivity index (χ1) is 32.2. The molecule has 65 heavy (non-hydrogen) atoms. The molecule has 1 aliphatic carbocycles. The van der Waals surface area contributed by atoms with E-state index in [0.29, 0.717) is 5.92 Å². The number of fused-ring (bicyclic) bond motifs is 6. The van der Waals surface area contributed by atoms with Gasteiger partial charge in [-0.15, -0.1) is 0 Å². The van der Waals surface area contributed by atoms with E-state index in [4.69, 9.17) is 0 Å². The summed E-state index contributed by atoms with van der Waals surface area (Å²) in [6, 6.07) is 92.6. The van der Waals surface area contributed by atoms with Crippen LogP contribution in [0.4, 0.5) is 34.1 Å². The minimum absolute atomic E-state index is 0.324. The van der Waals surface area contributed by atoms with Crippen LogP contribution in [0.15, 0.2) is 255 Å². The van der Waals surface area contributed by atoms with Crippen LogP contribution in [0.5, 0.6) is 0 Å². The van der Waals surface area contributed by atoms with Crippen molar-refractivity contribution in [2.24, 2.45) is 0 Å². The molecule has 0 saturated heterocycles. The zero-order valence-corrected chi connectivity index (χ0v) is 35.9. The third kappa shape index (κ3) is 6.95. The van der Waals surface area contributed by atoms with Gasteiger partial charge in [-0.2, -0.15) is 0 Å². The molecule has 308 valence electrons. The zero-order chi connectivity index (χ0) is 43.1. The van der Waals surface area contributed by atoms with Crippen LogP contribution in [-0.2, 0) is 6.42 Å². The second kappa shape index (κ2) is 16.4. The Labute approximate surface area is 380 Å². The summed E-state index contributed by atoms with van der Waals surface area (Å²) >= 11 is 0. The van der Waals surface area contributed by atoms with Crippen LogP contribution in [0.25, 0.3) is 49.7 Å². The second-order valence-corrected chi connectivity index (χ2v) is 16.9. The molecule has 1 unspecified atom stereocenters. The summed E-state index contributed by atoms with van der Waals surface area (Å²) in [5, 5.41) is 2.46. The van der Waals surface area contributed by atoms with Crippen molar-refractivity contribution in [2.75, 3.05) is 9.80 Å². The average Bonchev–Trinajstić information content (AvgIpc) is 3.87. The van der Waals surface area contributed by atoms with Gasteiger partial charge >= 0.3 is 0 Å². The molecule has 12 rings (SSSR count). The van der Waals surface area contributed by atoms with Gasteiger partial charge < -0.3 is 14.4 Å². The van der Waals surface area contributed by atoms with Crippen molar-refractivity contribution in [1.82, 2.24) is 4.57 Å². The molecule has 0 N–H and O–H groups in total. The Kier molecular flexibility index (Phi) is 9.65. The van der Waals surface area contributed by atoms with Gasteiger partial charge in [0.05, 0.1) is 11.0 Å². The van der Waals surface area contributed by atoms with Crippen LogP contribution >= 0.6 is 0 Å². The summed E-state index contributed by atoms with van der Waals surface area (Å²) in [6.45, 7) is 0. The summed E-state index contributed by atoms with van der Waals surface area (Å²) in [6.07, 6.45) is 0.983. The van der Waals surface area contributed by atoms with E-state index in [1.54, 1.807) is 0 Å². The van der Waals surface area contributed by atoms with Crippen molar-refractivity contribution in [3.63, 3.8) is 0 Å². The van der Waals surface area contributed by atoms with Gasteiger partial charge in [0, 0.05) is 56.5 Å². The Bertz CT molecular complexity index is 3430. The summed E-state index contributed by atoms with van der Waals surface area (Å²) in [5.74, 6) is 0.324. The Morgan fingerprint density at radius 1 is 0.323 bits per heavy atom. The summed E-state index contributed by atoms with van der Waals surface area (Å²) < 4.78 is 2.37. The fourth-order valence-corrected chi connectivity index (χ4v) is 10.1. The zero-order valence-electron chi connectivity index (χ0n) is 35.9. The van der Waals surface area contributed by atoms with E-state index >= 15 is 0 Å². The Morgan fingerprint density at radius 3 is 1.43 bits per heavy atom. The van der Waals surface area contributed by atoms with Gasteiger partial charge in [0.2, 0.25) is 0 Å². The third-order valence-electron chi connectivity index (χ3n) is 13.1. The van der Waals surface area contributed by atoms with E-state index in [1.807, 2.05) is 0 Å². The molecular formula is C62H45N3. The first-order valence-corrected chi connectivity index (χ1v) is 22.5. The smallest absolute Gasteiger partial charge is 0.0542 e. The van der Waals surface area contributed by atoms with Crippen LogP contribution in [0.2, 0.25) is 0 Å².